The summed E-state index contributed by atoms with van der Waals surface area (Å²) in [4.78, 5) is 11.9. The smallest absolute Gasteiger partial charge is 0.167 e. The molecule has 1 aliphatic carbocycles. The summed E-state index contributed by atoms with van der Waals surface area (Å²) in [6, 6.07) is 1.93. The number of carbonyl (C=O) groups excluding carboxylic acids is 1. The molecule has 2 heterocycles. The molecule has 0 unspecified atom stereocenters. The van der Waals surface area contributed by atoms with E-state index in [2.05, 4.69) is 9.67 Å². The predicted molar refractivity (Wildman–Crippen MR) is 68.4 cm³/mol. The van der Waals surface area contributed by atoms with Crippen LogP contribution in [0.15, 0.2) is 30.9 Å². The van der Waals surface area contributed by atoms with Gasteiger partial charge < -0.3 is 4.57 Å². The van der Waals surface area contributed by atoms with E-state index in [0.29, 0.717) is 11.7 Å². The van der Waals surface area contributed by atoms with Crippen molar-refractivity contribution in [1.82, 2.24) is 14.3 Å². The Morgan fingerprint density at radius 1 is 1.44 bits per heavy atom. The van der Waals surface area contributed by atoms with Crippen LogP contribution in [0, 0.1) is 5.92 Å². The van der Waals surface area contributed by atoms with Crippen molar-refractivity contribution in [2.24, 2.45) is 13.0 Å². The van der Waals surface area contributed by atoms with Gasteiger partial charge in [0.2, 0.25) is 0 Å². The minimum absolute atomic E-state index is 0.305. The highest BCUT2D eigenvalue weighted by Crippen LogP contribution is 2.32. The van der Waals surface area contributed by atoms with Gasteiger partial charge in [0.1, 0.15) is 0 Å². The quantitative estimate of drug-likeness (QED) is 0.754. The molecule has 0 N–H and O–H groups in total. The minimum Gasteiger partial charge on any atom is -0.353 e. The first-order valence-electron chi connectivity index (χ1n) is 6.40. The third kappa shape index (κ3) is 2.37. The average Bonchev–Trinajstić information content (AvgIpc) is 2.96. The Hall–Kier alpha value is -1.84. The van der Waals surface area contributed by atoms with Crippen molar-refractivity contribution < 1.29 is 4.79 Å². The van der Waals surface area contributed by atoms with Crippen LogP contribution >= 0.6 is 0 Å². The van der Waals surface area contributed by atoms with Gasteiger partial charge in [0.15, 0.2) is 5.78 Å². The fourth-order valence-corrected chi connectivity index (χ4v) is 2.17. The van der Waals surface area contributed by atoms with Crippen molar-refractivity contribution in [3.05, 3.63) is 42.0 Å². The summed E-state index contributed by atoms with van der Waals surface area (Å²) >= 11 is 0. The zero-order chi connectivity index (χ0) is 12.5. The molecule has 4 heteroatoms. The van der Waals surface area contributed by atoms with Crippen molar-refractivity contribution in [2.45, 2.75) is 25.8 Å². The van der Waals surface area contributed by atoms with Crippen molar-refractivity contribution in [3.63, 3.8) is 0 Å². The van der Waals surface area contributed by atoms with E-state index in [0.717, 1.165) is 31.4 Å². The summed E-state index contributed by atoms with van der Waals surface area (Å²) in [5, 5.41) is 4.15. The second-order valence-corrected chi connectivity index (χ2v) is 5.05. The molecule has 0 bridgehead atoms. The maximum Gasteiger partial charge on any atom is 0.167 e. The van der Waals surface area contributed by atoms with E-state index < -0.39 is 0 Å². The Morgan fingerprint density at radius 2 is 2.28 bits per heavy atom. The lowest BCUT2D eigenvalue weighted by atomic mass is 10.1. The molecule has 18 heavy (non-hydrogen) atoms. The molecule has 0 saturated heterocycles. The van der Waals surface area contributed by atoms with Crippen molar-refractivity contribution in [2.75, 3.05) is 0 Å². The highest BCUT2D eigenvalue weighted by atomic mass is 16.1. The molecule has 0 radical (unpaired) electrons. The SMILES string of the molecule is Cn1cc(CCn2ccc(C(=O)C3CC3)c2)cn1. The summed E-state index contributed by atoms with van der Waals surface area (Å²) in [6.07, 6.45) is 11.0. The normalized spacial score (nSPS) is 14.9. The van der Waals surface area contributed by atoms with Crippen LogP contribution in [-0.4, -0.2) is 20.1 Å². The van der Waals surface area contributed by atoms with E-state index in [1.165, 1.54) is 5.56 Å². The summed E-state index contributed by atoms with van der Waals surface area (Å²) in [5.41, 5.74) is 2.09. The van der Waals surface area contributed by atoms with Crippen LogP contribution in [0.1, 0.15) is 28.8 Å². The Labute approximate surface area is 106 Å². The van der Waals surface area contributed by atoms with E-state index in [1.54, 1.807) is 0 Å². The van der Waals surface area contributed by atoms with Crippen LogP contribution in [-0.2, 0) is 20.0 Å². The molecular formula is C14H17N3O. The number of hydrogen-bond donors (Lipinski definition) is 0. The van der Waals surface area contributed by atoms with Crippen LogP contribution < -0.4 is 0 Å². The number of Topliss-reactive ketones (excluding diaryl/α,β-unsaturated/α-hetero) is 1. The molecule has 0 aliphatic heterocycles. The van der Waals surface area contributed by atoms with E-state index in [4.69, 9.17) is 0 Å². The Kier molecular flexibility index (Phi) is 2.78. The first-order valence-corrected chi connectivity index (χ1v) is 6.40. The lowest BCUT2D eigenvalue weighted by Gasteiger charge is -2.00. The van der Waals surface area contributed by atoms with Gasteiger partial charge in [-0.25, -0.2) is 0 Å². The molecule has 94 valence electrons. The van der Waals surface area contributed by atoms with Gasteiger partial charge in [-0.2, -0.15) is 5.10 Å². The summed E-state index contributed by atoms with van der Waals surface area (Å²) in [5.74, 6) is 0.620. The first kappa shape index (κ1) is 11.3. The molecule has 0 aromatic carbocycles. The van der Waals surface area contributed by atoms with E-state index in [1.807, 2.05) is 42.6 Å². The lowest BCUT2D eigenvalue weighted by Crippen LogP contribution is -2.01. The van der Waals surface area contributed by atoms with Crippen molar-refractivity contribution >= 4 is 5.78 Å². The Morgan fingerprint density at radius 3 is 2.94 bits per heavy atom. The van der Waals surface area contributed by atoms with E-state index >= 15 is 0 Å². The standard InChI is InChI=1S/C14H17N3O/c1-16-9-11(8-15-16)4-6-17-7-5-13(10-17)14(18)12-2-3-12/h5,7-10,12H,2-4,6H2,1H3. The van der Waals surface area contributed by atoms with Gasteiger partial charge in [-0.05, 0) is 30.9 Å². The molecule has 1 fully saturated rings. The van der Waals surface area contributed by atoms with E-state index in [9.17, 15) is 4.79 Å². The van der Waals surface area contributed by atoms with Gasteiger partial charge in [0.25, 0.3) is 0 Å². The summed E-state index contributed by atoms with van der Waals surface area (Å²) < 4.78 is 3.90. The predicted octanol–water partition coefficient (Wildman–Crippen LogP) is 2.06. The number of carbonyl (C=O) groups is 1. The number of aromatic nitrogens is 3. The molecule has 4 nitrogen and oxygen atoms in total. The zero-order valence-corrected chi connectivity index (χ0v) is 10.5. The monoisotopic (exact) mass is 243 g/mol. The van der Waals surface area contributed by atoms with Crippen molar-refractivity contribution in [3.8, 4) is 0 Å². The number of rotatable bonds is 5. The number of aryl methyl sites for hydroxylation is 3. The fourth-order valence-electron chi connectivity index (χ4n) is 2.17. The number of hydrogen-bond acceptors (Lipinski definition) is 2. The Bertz CT molecular complexity index is 563. The average molecular weight is 243 g/mol. The first-order chi connectivity index (χ1) is 8.72. The van der Waals surface area contributed by atoms with Crippen LogP contribution in [0.5, 0.6) is 0 Å². The van der Waals surface area contributed by atoms with Crippen LogP contribution in [0.4, 0.5) is 0 Å². The minimum atomic E-state index is 0.305. The highest BCUT2D eigenvalue weighted by molar-refractivity contribution is 5.99. The van der Waals surface area contributed by atoms with Gasteiger partial charge in [-0.15, -0.1) is 0 Å². The maximum atomic E-state index is 11.9. The maximum absolute atomic E-state index is 11.9. The summed E-state index contributed by atoms with van der Waals surface area (Å²) in [7, 11) is 1.92. The van der Waals surface area contributed by atoms with Gasteiger partial charge >= 0.3 is 0 Å². The highest BCUT2D eigenvalue weighted by Gasteiger charge is 2.30. The van der Waals surface area contributed by atoms with Gasteiger partial charge in [0.05, 0.1) is 6.20 Å². The largest absolute Gasteiger partial charge is 0.353 e. The topological polar surface area (TPSA) is 39.8 Å². The third-order valence-corrected chi connectivity index (χ3v) is 3.40. The van der Waals surface area contributed by atoms with Crippen LogP contribution in [0.2, 0.25) is 0 Å². The van der Waals surface area contributed by atoms with Crippen molar-refractivity contribution in [1.29, 1.82) is 0 Å². The molecule has 1 saturated carbocycles. The summed E-state index contributed by atoms with van der Waals surface area (Å²) in [6.45, 7) is 0.893. The third-order valence-electron chi connectivity index (χ3n) is 3.40. The second kappa shape index (κ2) is 4.44. The van der Waals surface area contributed by atoms with E-state index in [-0.39, 0.29) is 0 Å². The van der Waals surface area contributed by atoms with Gasteiger partial charge in [-0.1, -0.05) is 0 Å². The Balaban J connectivity index is 1.61. The van der Waals surface area contributed by atoms with Crippen LogP contribution in [0.25, 0.3) is 0 Å². The molecule has 0 atom stereocenters. The molecular weight excluding hydrogens is 226 g/mol. The zero-order valence-electron chi connectivity index (χ0n) is 10.5. The molecule has 0 amide bonds. The molecule has 2 aromatic rings. The number of nitrogens with zero attached hydrogens (tertiary/aromatic N) is 3. The van der Waals surface area contributed by atoms with Gasteiger partial charge in [-0.3, -0.25) is 9.48 Å². The van der Waals surface area contributed by atoms with Gasteiger partial charge in [0, 0.05) is 43.7 Å². The molecule has 2 aromatic heterocycles. The molecule has 3 rings (SSSR count). The number of ketones is 1. The second-order valence-electron chi connectivity index (χ2n) is 5.05. The van der Waals surface area contributed by atoms with Crippen LogP contribution in [0.3, 0.4) is 0 Å². The fraction of sp³-hybridized carbons (Fsp3) is 0.429. The molecule has 1 aliphatic rings. The molecule has 0 spiro atoms. The lowest BCUT2D eigenvalue weighted by molar-refractivity contribution is 0.0967.